The number of hydrogen-bond donors (Lipinski definition) is 1. The normalized spacial score (nSPS) is 19.8. The second-order valence-corrected chi connectivity index (χ2v) is 7.52. The van der Waals surface area contributed by atoms with Crippen LogP contribution in [0.15, 0.2) is 48.8 Å². The number of nitrogens with one attached hydrogen (secondary N) is 1. The van der Waals surface area contributed by atoms with E-state index in [1.54, 1.807) is 6.20 Å². The summed E-state index contributed by atoms with van der Waals surface area (Å²) < 4.78 is 7.96. The molecule has 0 aliphatic carbocycles. The maximum Gasteiger partial charge on any atom is 0.250 e. The summed E-state index contributed by atoms with van der Waals surface area (Å²) in [5, 5.41) is 7.79. The Balaban J connectivity index is 0.00000225. The third-order valence-electron chi connectivity index (χ3n) is 5.83. The van der Waals surface area contributed by atoms with Gasteiger partial charge in [0.15, 0.2) is 0 Å². The van der Waals surface area contributed by atoms with Crippen molar-refractivity contribution in [3.8, 4) is 0 Å². The number of rotatable bonds is 5. The Morgan fingerprint density at radius 1 is 1.14 bits per heavy atom. The second kappa shape index (κ2) is 9.54. The van der Waals surface area contributed by atoms with Crippen LogP contribution >= 0.6 is 12.4 Å². The zero-order valence-corrected chi connectivity index (χ0v) is 16.9. The van der Waals surface area contributed by atoms with Crippen LogP contribution < -0.4 is 5.32 Å². The van der Waals surface area contributed by atoms with Gasteiger partial charge in [0.2, 0.25) is 0 Å². The Bertz CT molecular complexity index is 724. The molecule has 2 aliphatic heterocycles. The first-order chi connectivity index (χ1) is 13.3. The molecule has 0 spiro atoms. The fourth-order valence-corrected chi connectivity index (χ4v) is 4.21. The van der Waals surface area contributed by atoms with Gasteiger partial charge in [0.25, 0.3) is 5.91 Å². The Hall–Kier alpha value is -1.89. The third kappa shape index (κ3) is 4.40. The quantitative estimate of drug-likeness (QED) is 0.832. The number of likely N-dealkylation sites (tertiary alicyclic amines) is 1. The molecule has 1 N–H and O–H groups in total. The van der Waals surface area contributed by atoms with Crippen molar-refractivity contribution in [2.45, 2.75) is 43.9 Å². The summed E-state index contributed by atoms with van der Waals surface area (Å²) in [5.74, 6) is 0.217. The second-order valence-electron chi connectivity index (χ2n) is 7.52. The first-order valence-electron chi connectivity index (χ1n) is 9.94. The zero-order chi connectivity index (χ0) is 18.5. The smallest absolute Gasteiger partial charge is 0.250 e. The van der Waals surface area contributed by atoms with Crippen molar-refractivity contribution in [2.24, 2.45) is 0 Å². The molecule has 1 aromatic heterocycles. The summed E-state index contributed by atoms with van der Waals surface area (Å²) in [4.78, 5) is 15.5. The van der Waals surface area contributed by atoms with Crippen LogP contribution in [0.4, 0.5) is 0 Å². The van der Waals surface area contributed by atoms with Gasteiger partial charge in [-0.15, -0.1) is 12.4 Å². The van der Waals surface area contributed by atoms with E-state index in [9.17, 15) is 4.79 Å². The summed E-state index contributed by atoms with van der Waals surface area (Å²) in [7, 11) is 0. The zero-order valence-electron chi connectivity index (χ0n) is 16.1. The van der Waals surface area contributed by atoms with Gasteiger partial charge in [0.1, 0.15) is 5.54 Å². The van der Waals surface area contributed by atoms with Crippen LogP contribution in [0.1, 0.15) is 31.2 Å². The van der Waals surface area contributed by atoms with Crippen LogP contribution in [-0.4, -0.2) is 52.9 Å². The highest BCUT2D eigenvalue weighted by Gasteiger charge is 2.45. The van der Waals surface area contributed by atoms with Crippen LogP contribution in [0.25, 0.3) is 0 Å². The number of carbonyl (C=O) groups is 1. The number of ether oxygens (including phenoxy) is 1. The molecule has 2 aliphatic rings. The highest BCUT2D eigenvalue weighted by molar-refractivity contribution is 5.85. The molecule has 0 unspecified atom stereocenters. The molecule has 28 heavy (non-hydrogen) atoms. The molecule has 1 aromatic carbocycles. The third-order valence-corrected chi connectivity index (χ3v) is 5.83. The number of halogens is 1. The Labute approximate surface area is 172 Å². The van der Waals surface area contributed by atoms with Crippen molar-refractivity contribution in [2.75, 3.05) is 26.2 Å². The predicted octanol–water partition coefficient (Wildman–Crippen LogP) is 2.59. The van der Waals surface area contributed by atoms with Gasteiger partial charge in [-0.05, 0) is 50.4 Å². The molecule has 2 fully saturated rings. The van der Waals surface area contributed by atoms with Gasteiger partial charge in [-0.25, -0.2) is 0 Å². The molecule has 3 heterocycles. The van der Waals surface area contributed by atoms with Crippen molar-refractivity contribution < 1.29 is 9.53 Å². The Kier molecular flexibility index (Phi) is 7.10. The molecule has 0 saturated carbocycles. The maximum absolute atomic E-state index is 13.5. The molecule has 2 saturated heterocycles. The summed E-state index contributed by atoms with van der Waals surface area (Å²) in [6.45, 7) is 3.86. The average molecular weight is 405 g/mol. The lowest BCUT2D eigenvalue weighted by Crippen LogP contribution is -2.57. The minimum absolute atomic E-state index is 0. The molecule has 0 bridgehead atoms. The number of hydrogen-bond acceptors (Lipinski definition) is 4. The Morgan fingerprint density at radius 3 is 2.50 bits per heavy atom. The molecule has 0 atom stereocenters. The van der Waals surface area contributed by atoms with Gasteiger partial charge in [-0.2, -0.15) is 5.10 Å². The van der Waals surface area contributed by atoms with E-state index < -0.39 is 5.54 Å². The first kappa shape index (κ1) is 20.8. The van der Waals surface area contributed by atoms with Gasteiger partial charge in [0, 0.05) is 25.5 Å². The largest absolute Gasteiger partial charge is 0.373 e. The number of piperidine rings is 2. The minimum Gasteiger partial charge on any atom is -0.373 e. The van der Waals surface area contributed by atoms with Gasteiger partial charge < -0.3 is 15.0 Å². The molecule has 2 aromatic rings. The number of amides is 1. The fraction of sp³-hybridized carbons (Fsp3) is 0.524. The molecule has 7 heteroatoms. The lowest BCUT2D eigenvalue weighted by Gasteiger charge is -2.42. The van der Waals surface area contributed by atoms with Crippen molar-refractivity contribution in [1.82, 2.24) is 20.0 Å². The van der Waals surface area contributed by atoms with Crippen molar-refractivity contribution in [3.05, 3.63) is 54.4 Å². The summed E-state index contributed by atoms with van der Waals surface area (Å²) in [5.41, 5.74) is 0.662. The number of nitrogens with zero attached hydrogens (tertiary/aromatic N) is 3. The first-order valence-corrected chi connectivity index (χ1v) is 9.94. The highest BCUT2D eigenvalue weighted by Crippen LogP contribution is 2.31. The van der Waals surface area contributed by atoms with E-state index in [0.29, 0.717) is 6.61 Å². The number of carbonyl (C=O) groups excluding carboxylic acids is 1. The Morgan fingerprint density at radius 2 is 1.86 bits per heavy atom. The topological polar surface area (TPSA) is 59.4 Å². The van der Waals surface area contributed by atoms with E-state index in [-0.39, 0.29) is 24.4 Å². The van der Waals surface area contributed by atoms with E-state index in [4.69, 9.17) is 4.74 Å². The lowest BCUT2D eigenvalue weighted by molar-refractivity contribution is -0.146. The van der Waals surface area contributed by atoms with Gasteiger partial charge in [-0.3, -0.25) is 9.48 Å². The van der Waals surface area contributed by atoms with Gasteiger partial charge >= 0.3 is 0 Å². The van der Waals surface area contributed by atoms with Crippen molar-refractivity contribution >= 4 is 18.3 Å². The van der Waals surface area contributed by atoms with E-state index >= 15 is 0 Å². The number of benzene rings is 1. The summed E-state index contributed by atoms with van der Waals surface area (Å²) in [6, 6.07) is 12.2. The molecule has 0 radical (unpaired) electrons. The van der Waals surface area contributed by atoms with E-state index in [1.165, 1.54) is 5.56 Å². The van der Waals surface area contributed by atoms with Crippen LogP contribution in [0.2, 0.25) is 0 Å². The monoisotopic (exact) mass is 404 g/mol. The van der Waals surface area contributed by atoms with Crippen LogP contribution in [0.3, 0.4) is 0 Å². The fourth-order valence-electron chi connectivity index (χ4n) is 4.21. The highest BCUT2D eigenvalue weighted by atomic mass is 35.5. The summed E-state index contributed by atoms with van der Waals surface area (Å²) in [6.07, 6.45) is 7.29. The standard InChI is InChI=1S/C21H28N4O2.ClH/c26-20(21(9-12-22-13-10-21)25-14-4-11-23-25)24-15-7-19(8-16-24)27-17-18-5-2-1-3-6-18;/h1-6,11,14,19,22H,7-10,12-13,15-17H2;1H. The lowest BCUT2D eigenvalue weighted by atomic mass is 9.86. The number of aromatic nitrogens is 2. The van der Waals surface area contributed by atoms with Crippen LogP contribution in [-0.2, 0) is 21.7 Å². The van der Waals surface area contributed by atoms with E-state index in [0.717, 1.165) is 51.9 Å². The van der Waals surface area contributed by atoms with Crippen LogP contribution in [0.5, 0.6) is 0 Å². The van der Waals surface area contributed by atoms with Crippen molar-refractivity contribution in [1.29, 1.82) is 0 Å². The molecule has 6 nitrogen and oxygen atoms in total. The molecule has 4 rings (SSSR count). The van der Waals surface area contributed by atoms with Gasteiger partial charge in [0.05, 0.1) is 12.7 Å². The summed E-state index contributed by atoms with van der Waals surface area (Å²) >= 11 is 0. The molecular formula is C21H29ClN4O2. The predicted molar refractivity (Wildman–Crippen MR) is 110 cm³/mol. The molecule has 152 valence electrons. The van der Waals surface area contributed by atoms with E-state index in [2.05, 4.69) is 22.5 Å². The minimum atomic E-state index is -0.535. The molecule has 1 amide bonds. The average Bonchev–Trinajstić information content (AvgIpc) is 3.29. The van der Waals surface area contributed by atoms with Gasteiger partial charge in [-0.1, -0.05) is 30.3 Å². The SMILES string of the molecule is Cl.O=C(N1CCC(OCc2ccccc2)CC1)C1(n2cccn2)CCNCC1. The van der Waals surface area contributed by atoms with Crippen LogP contribution in [0, 0.1) is 0 Å². The maximum atomic E-state index is 13.5. The molecular weight excluding hydrogens is 376 g/mol. The van der Waals surface area contributed by atoms with Crippen molar-refractivity contribution in [3.63, 3.8) is 0 Å². The van der Waals surface area contributed by atoms with E-state index in [1.807, 2.05) is 40.0 Å².